The number of ether oxygens (including phenoxy) is 2. The molecule has 22 heteroatoms. The summed E-state index contributed by atoms with van der Waals surface area (Å²) in [4.78, 5) is 34.6. The zero-order valence-electron chi connectivity index (χ0n) is 24.7. The van der Waals surface area contributed by atoms with Crippen molar-refractivity contribution in [3.63, 3.8) is 0 Å². The van der Waals surface area contributed by atoms with Gasteiger partial charge in [0.05, 0.1) is 30.5 Å². The molecule has 0 bridgehead atoms. The second-order valence-electron chi connectivity index (χ2n) is 7.43. The van der Waals surface area contributed by atoms with E-state index in [1.165, 1.54) is 35.3 Å². The molecule has 0 heterocycles. The van der Waals surface area contributed by atoms with Crippen molar-refractivity contribution in [2.24, 2.45) is 0 Å². The highest BCUT2D eigenvalue weighted by Gasteiger charge is 2.08. The molecule has 0 spiro atoms. The molecule has 0 aliphatic heterocycles. The third-order valence-electron chi connectivity index (χ3n) is 3.84. The summed E-state index contributed by atoms with van der Waals surface area (Å²) in [5.41, 5.74) is 0. The van der Waals surface area contributed by atoms with Crippen molar-refractivity contribution in [2.75, 3.05) is 111 Å². The fourth-order valence-corrected chi connectivity index (χ4v) is 19.4. The molecule has 45 heavy (non-hydrogen) atoms. The normalized spacial score (nSPS) is 11.9. The van der Waals surface area contributed by atoms with Crippen LogP contribution in [0.1, 0.15) is 0 Å². The van der Waals surface area contributed by atoms with Crippen LogP contribution in [-0.4, -0.2) is 143 Å². The third-order valence-corrected chi connectivity index (χ3v) is 22.1. The van der Waals surface area contributed by atoms with Gasteiger partial charge in [-0.25, -0.2) is 0 Å². The molecule has 0 saturated carbocycles. The van der Waals surface area contributed by atoms with E-state index in [2.05, 4.69) is 0 Å². The van der Waals surface area contributed by atoms with Crippen LogP contribution in [-0.2, 0) is 35.0 Å². The quantitative estimate of drug-likeness (QED) is 0.0315. The molecule has 0 aromatic rings. The minimum Gasteiger partial charge on any atom is -0.616 e. The molecular formula is C23H42O8S14. The summed E-state index contributed by atoms with van der Waals surface area (Å²) < 4.78 is 21.8. The second-order valence-corrected chi connectivity index (χ2v) is 26.0. The van der Waals surface area contributed by atoms with Gasteiger partial charge in [0, 0.05) is 56.6 Å². The first-order valence-electron chi connectivity index (χ1n) is 13.0. The lowest BCUT2D eigenvalue weighted by Gasteiger charge is -2.10. The smallest absolute Gasteiger partial charge is 0.316 e. The van der Waals surface area contributed by atoms with Crippen molar-refractivity contribution in [1.29, 1.82) is 0 Å². The average molecular weight is 896 g/mol. The van der Waals surface area contributed by atoms with Gasteiger partial charge in [-0.05, 0) is 11.2 Å². The lowest BCUT2D eigenvalue weighted by molar-refractivity contribution is -0.142. The van der Waals surface area contributed by atoms with Crippen LogP contribution >= 0.6 is 153 Å². The molecular weight excluding hydrogens is 853 g/mol. The van der Waals surface area contributed by atoms with Crippen LogP contribution in [0.5, 0.6) is 0 Å². The van der Waals surface area contributed by atoms with E-state index in [0.29, 0.717) is 22.3 Å². The van der Waals surface area contributed by atoms with Crippen LogP contribution in [0.2, 0.25) is 0 Å². The standard InChI is InChI=1S/C23H42O8S14/c24-1-3-30-21(26)7-33-11-37-14-36-10-32-5-6-45(29)20-43-18-41-16-40-17-42-19-44-23(28)9-35-13-39-15-38-12-34-8-22(27)31-4-2-25/h24-25H,1-20H2. The molecule has 0 saturated heterocycles. The molecule has 1 atom stereocenters. The Kier molecular flexibility index (Phi) is 43.2. The molecule has 1 unspecified atom stereocenters. The maximum atomic E-state index is 12.2. The van der Waals surface area contributed by atoms with Crippen LogP contribution in [0, 0.1) is 0 Å². The summed E-state index contributed by atoms with van der Waals surface area (Å²) in [6.45, 7) is -0.163. The maximum Gasteiger partial charge on any atom is 0.316 e. The van der Waals surface area contributed by atoms with Gasteiger partial charge in [0.25, 0.3) is 0 Å². The summed E-state index contributed by atoms with van der Waals surface area (Å²) >= 11 is 21.5. The fourth-order valence-electron chi connectivity index (χ4n) is 2.09. The molecule has 8 nitrogen and oxygen atoms in total. The van der Waals surface area contributed by atoms with Gasteiger partial charge >= 0.3 is 11.9 Å². The van der Waals surface area contributed by atoms with Gasteiger partial charge in [0.1, 0.15) is 19.0 Å². The van der Waals surface area contributed by atoms with Gasteiger partial charge in [-0.2, -0.15) is 0 Å². The van der Waals surface area contributed by atoms with E-state index >= 15 is 0 Å². The first-order chi connectivity index (χ1) is 22.0. The minimum atomic E-state index is -0.783. The van der Waals surface area contributed by atoms with Crippen LogP contribution in [0.15, 0.2) is 0 Å². The van der Waals surface area contributed by atoms with Crippen molar-refractivity contribution in [1.82, 2.24) is 0 Å². The number of thioether (sulfide) groups is 13. The predicted molar refractivity (Wildman–Crippen MR) is 226 cm³/mol. The SMILES string of the molecule is O=C(CSCSCSCSCC[S+]([O-])CSCSCSCSCSC(=O)CSCSCSCSCC(=O)OCCO)OCCO. The Balaban J connectivity index is 3.30. The molecule has 0 radical (unpaired) electrons. The minimum absolute atomic E-state index is 0.0574. The Labute approximate surface area is 327 Å². The van der Waals surface area contributed by atoms with E-state index in [1.54, 1.807) is 70.6 Å². The molecule has 0 fully saturated rings. The van der Waals surface area contributed by atoms with Crippen LogP contribution in [0.3, 0.4) is 0 Å². The van der Waals surface area contributed by atoms with Crippen molar-refractivity contribution < 1.29 is 38.6 Å². The van der Waals surface area contributed by atoms with Crippen LogP contribution in [0.25, 0.3) is 0 Å². The fraction of sp³-hybridized carbons (Fsp3) is 0.870. The lowest BCUT2D eigenvalue weighted by Crippen LogP contribution is -2.11. The Morgan fingerprint density at radius 1 is 0.533 bits per heavy atom. The molecule has 0 aromatic heterocycles. The van der Waals surface area contributed by atoms with E-state index in [1.807, 2.05) is 47.0 Å². The highest BCUT2D eigenvalue weighted by Crippen LogP contribution is 2.26. The average Bonchev–Trinajstić information content (AvgIpc) is 3.03. The first-order valence-corrected chi connectivity index (χ1v) is 29.3. The molecule has 2 N–H and O–H groups in total. The number of carbonyl (C=O) groups is 3. The highest BCUT2D eigenvalue weighted by molar-refractivity contribution is 8.31. The summed E-state index contributed by atoms with van der Waals surface area (Å²) in [5.74, 6) is 2.21. The third kappa shape index (κ3) is 40.0. The predicted octanol–water partition coefficient (Wildman–Crippen LogP) is 6.40. The Morgan fingerprint density at radius 2 is 0.933 bits per heavy atom. The Morgan fingerprint density at radius 3 is 1.42 bits per heavy atom. The lowest BCUT2D eigenvalue weighted by atomic mass is 10.7. The summed E-state index contributed by atoms with van der Waals surface area (Å²) in [6.07, 6.45) is 0. The Bertz CT molecular complexity index is 704. The summed E-state index contributed by atoms with van der Waals surface area (Å²) in [7, 11) is 0. The molecule has 0 aliphatic rings. The zero-order valence-corrected chi connectivity index (χ0v) is 36.1. The molecule has 0 aliphatic carbocycles. The van der Waals surface area contributed by atoms with Gasteiger partial charge < -0.3 is 24.2 Å². The highest BCUT2D eigenvalue weighted by atomic mass is 32.3. The Hall–Kier alpha value is 3.39. The van der Waals surface area contributed by atoms with Gasteiger partial charge in [-0.15, -0.1) is 129 Å². The molecule has 0 rings (SSSR count). The topological polar surface area (TPSA) is 133 Å². The van der Waals surface area contributed by atoms with Crippen molar-refractivity contribution in [2.45, 2.75) is 0 Å². The summed E-state index contributed by atoms with van der Waals surface area (Å²) in [5, 5.41) is 27.2. The van der Waals surface area contributed by atoms with E-state index in [9.17, 15) is 18.9 Å². The largest absolute Gasteiger partial charge is 0.616 e. The number of esters is 2. The van der Waals surface area contributed by atoms with Gasteiger partial charge in [0.2, 0.25) is 0 Å². The monoisotopic (exact) mass is 894 g/mol. The number of aliphatic hydroxyl groups is 2. The maximum absolute atomic E-state index is 12.2. The van der Waals surface area contributed by atoms with E-state index in [4.69, 9.17) is 19.7 Å². The second kappa shape index (κ2) is 40.2. The van der Waals surface area contributed by atoms with E-state index in [0.717, 1.165) is 62.4 Å². The number of rotatable bonds is 35. The molecule has 0 aromatic carbocycles. The number of hydrogen-bond acceptors (Lipinski definition) is 21. The number of aliphatic hydroxyl groups excluding tert-OH is 2. The van der Waals surface area contributed by atoms with Gasteiger partial charge in [-0.1, -0.05) is 23.5 Å². The van der Waals surface area contributed by atoms with Crippen molar-refractivity contribution >= 4 is 181 Å². The first kappa shape index (κ1) is 48.4. The molecule has 0 amide bonds. The summed E-state index contributed by atoms with van der Waals surface area (Å²) in [6, 6.07) is 0. The van der Waals surface area contributed by atoms with E-state index in [-0.39, 0.29) is 43.5 Å². The molecule has 266 valence electrons. The zero-order chi connectivity index (χ0) is 33.1. The van der Waals surface area contributed by atoms with Crippen LogP contribution < -0.4 is 0 Å². The van der Waals surface area contributed by atoms with Crippen LogP contribution in [0.4, 0.5) is 0 Å². The van der Waals surface area contributed by atoms with Crippen molar-refractivity contribution in [3.8, 4) is 0 Å². The van der Waals surface area contributed by atoms with Crippen molar-refractivity contribution in [3.05, 3.63) is 0 Å². The van der Waals surface area contributed by atoms with Gasteiger partial charge in [0.15, 0.2) is 10.2 Å². The van der Waals surface area contributed by atoms with E-state index < -0.39 is 11.2 Å². The van der Waals surface area contributed by atoms with Gasteiger partial charge in [-0.3, -0.25) is 14.4 Å². The number of carbonyl (C=O) groups excluding carboxylic acids is 3. The number of hydrogen-bond donors (Lipinski definition) is 2.